The van der Waals surface area contributed by atoms with Crippen LogP contribution in [0.15, 0.2) is 91.5 Å². The van der Waals surface area contributed by atoms with E-state index in [0.717, 1.165) is 33.6 Å². The van der Waals surface area contributed by atoms with Crippen LogP contribution in [0.2, 0.25) is 15.1 Å². The molecule has 4 aromatic rings. The smallest absolute Gasteiger partial charge is 0.329 e. The molecule has 0 aromatic heterocycles. The van der Waals surface area contributed by atoms with Crippen LogP contribution in [0.5, 0.6) is 5.75 Å². The van der Waals surface area contributed by atoms with Crippen molar-refractivity contribution in [1.29, 1.82) is 0 Å². The number of rotatable bonds is 9. The van der Waals surface area contributed by atoms with Crippen molar-refractivity contribution in [1.82, 2.24) is 9.80 Å². The first-order valence-electron chi connectivity index (χ1n) is 15.2. The number of esters is 1. The molecule has 0 radical (unpaired) electrons. The largest absolute Gasteiger partial charge is 0.497 e. The molecule has 0 bridgehead atoms. The van der Waals surface area contributed by atoms with E-state index in [9.17, 15) is 9.59 Å². The van der Waals surface area contributed by atoms with Crippen molar-refractivity contribution in [3.05, 3.63) is 123 Å². The summed E-state index contributed by atoms with van der Waals surface area (Å²) in [6, 6.07) is 24.3. The zero-order valence-corrected chi connectivity index (χ0v) is 28.4. The van der Waals surface area contributed by atoms with Crippen LogP contribution < -0.4 is 9.64 Å². The summed E-state index contributed by atoms with van der Waals surface area (Å²) in [5.74, 6) is -0.192. The first-order chi connectivity index (χ1) is 22.7. The van der Waals surface area contributed by atoms with Gasteiger partial charge < -0.3 is 14.4 Å². The zero-order valence-electron chi connectivity index (χ0n) is 26.1. The molecule has 0 saturated carbocycles. The highest BCUT2D eigenvalue weighted by molar-refractivity contribution is 6.40. The second-order valence-corrected chi connectivity index (χ2v) is 12.9. The Kier molecular flexibility index (Phi) is 9.80. The number of fused-ring (bicyclic) bond motifs is 1. The summed E-state index contributed by atoms with van der Waals surface area (Å²) in [5, 5.41) is 1.23. The van der Waals surface area contributed by atoms with E-state index in [1.807, 2.05) is 60.7 Å². The standard InChI is InChI=1S/C37H34Cl3N3O4/c1-4-16-41-20-28(30(21-41)36(44)47-3)24-17-27(26-8-5-6-9-31(26)38)29-22-42(19-23-12-14-25(46-2)15-13-23)37(45)43(34(29)18-24)35-32(39)10-7-11-33(35)40/h4-15,17-18,28,30H,1,16,19-22H2,2-3H3. The number of likely N-dealkylation sites (tertiary alicyclic amines) is 1. The second-order valence-electron chi connectivity index (χ2n) is 11.7. The van der Waals surface area contributed by atoms with E-state index in [4.69, 9.17) is 44.3 Å². The number of benzene rings is 4. The Balaban J connectivity index is 1.58. The fraction of sp³-hybridized carbons (Fsp3) is 0.243. The van der Waals surface area contributed by atoms with Gasteiger partial charge in [-0.3, -0.25) is 14.6 Å². The molecule has 2 unspecified atom stereocenters. The van der Waals surface area contributed by atoms with E-state index in [0.29, 0.717) is 59.2 Å². The molecule has 2 heterocycles. The normalized spacial score (nSPS) is 17.9. The molecular formula is C37H34Cl3N3O4. The minimum absolute atomic E-state index is 0.218. The van der Waals surface area contributed by atoms with Gasteiger partial charge in [0, 0.05) is 48.2 Å². The first kappa shape index (κ1) is 32.9. The Morgan fingerprint density at radius 2 is 1.62 bits per heavy atom. The van der Waals surface area contributed by atoms with Crippen LogP contribution in [0.25, 0.3) is 11.1 Å². The van der Waals surface area contributed by atoms with Crippen molar-refractivity contribution < 1.29 is 19.1 Å². The fourth-order valence-electron chi connectivity index (χ4n) is 6.62. The van der Waals surface area contributed by atoms with Crippen LogP contribution in [-0.4, -0.2) is 55.7 Å². The third-order valence-electron chi connectivity index (χ3n) is 8.87. The topological polar surface area (TPSA) is 62.3 Å². The van der Waals surface area contributed by atoms with Gasteiger partial charge in [-0.1, -0.05) is 83.3 Å². The van der Waals surface area contributed by atoms with Crippen LogP contribution in [0.4, 0.5) is 16.2 Å². The number of carbonyl (C=O) groups is 2. The summed E-state index contributed by atoms with van der Waals surface area (Å²) >= 11 is 20.5. The summed E-state index contributed by atoms with van der Waals surface area (Å²) in [5.41, 5.74) is 5.37. The van der Waals surface area contributed by atoms with Crippen molar-refractivity contribution in [2.75, 3.05) is 38.8 Å². The Morgan fingerprint density at radius 3 is 2.28 bits per heavy atom. The molecule has 0 N–H and O–H groups in total. The molecule has 10 heteroatoms. The molecular weight excluding hydrogens is 657 g/mol. The third-order valence-corrected chi connectivity index (χ3v) is 9.81. The molecule has 1 saturated heterocycles. The number of methoxy groups -OCH3 is 2. The Bertz CT molecular complexity index is 1810. The maximum atomic E-state index is 14.6. The van der Waals surface area contributed by atoms with E-state index in [1.165, 1.54) is 7.11 Å². The second kappa shape index (κ2) is 14.0. The highest BCUT2D eigenvalue weighted by Crippen LogP contribution is 2.48. The number of urea groups is 1. The average Bonchev–Trinajstić information content (AvgIpc) is 3.50. The quantitative estimate of drug-likeness (QED) is 0.130. The lowest BCUT2D eigenvalue weighted by molar-refractivity contribution is -0.145. The van der Waals surface area contributed by atoms with E-state index in [-0.39, 0.29) is 17.9 Å². The lowest BCUT2D eigenvalue weighted by Gasteiger charge is -2.39. The highest BCUT2D eigenvalue weighted by atomic mass is 35.5. The lowest BCUT2D eigenvalue weighted by Crippen LogP contribution is -2.45. The summed E-state index contributed by atoms with van der Waals surface area (Å²) in [7, 11) is 3.03. The Hall–Kier alpha value is -4.01. The number of halogens is 3. The number of hydrogen-bond donors (Lipinski definition) is 0. The van der Waals surface area contributed by atoms with Gasteiger partial charge in [0.2, 0.25) is 0 Å². The van der Waals surface area contributed by atoms with Gasteiger partial charge in [-0.05, 0) is 53.1 Å². The maximum absolute atomic E-state index is 14.6. The maximum Gasteiger partial charge on any atom is 0.329 e. The molecule has 1 fully saturated rings. The molecule has 2 aliphatic heterocycles. The van der Waals surface area contributed by atoms with E-state index < -0.39 is 5.92 Å². The molecule has 47 heavy (non-hydrogen) atoms. The summed E-state index contributed by atoms with van der Waals surface area (Å²) < 4.78 is 10.6. The minimum Gasteiger partial charge on any atom is -0.497 e. The van der Waals surface area contributed by atoms with Gasteiger partial charge in [0.05, 0.1) is 48.1 Å². The van der Waals surface area contributed by atoms with Crippen LogP contribution >= 0.6 is 34.8 Å². The van der Waals surface area contributed by atoms with Crippen LogP contribution in [0.3, 0.4) is 0 Å². The number of carbonyl (C=O) groups excluding carboxylic acids is 2. The zero-order chi connectivity index (χ0) is 33.2. The molecule has 2 atom stereocenters. The fourth-order valence-corrected chi connectivity index (χ4v) is 7.42. The van der Waals surface area contributed by atoms with Crippen LogP contribution in [0.1, 0.15) is 22.6 Å². The van der Waals surface area contributed by atoms with Gasteiger partial charge >= 0.3 is 12.0 Å². The average molecular weight is 691 g/mol. The van der Waals surface area contributed by atoms with E-state index in [1.54, 1.807) is 35.1 Å². The van der Waals surface area contributed by atoms with Gasteiger partial charge in [-0.25, -0.2) is 4.79 Å². The van der Waals surface area contributed by atoms with Crippen molar-refractivity contribution >= 4 is 58.2 Å². The van der Waals surface area contributed by atoms with Gasteiger partial charge in [-0.15, -0.1) is 6.58 Å². The summed E-state index contributed by atoms with van der Waals surface area (Å²) in [4.78, 5) is 33.3. The Labute approximate surface area is 289 Å². The number of nitrogens with zero attached hydrogens (tertiary/aromatic N) is 3. The summed E-state index contributed by atoms with van der Waals surface area (Å²) in [6.07, 6.45) is 1.83. The molecule has 2 aliphatic rings. The predicted molar refractivity (Wildman–Crippen MR) is 188 cm³/mol. The van der Waals surface area contributed by atoms with Crippen molar-refractivity contribution in [3.63, 3.8) is 0 Å². The van der Waals surface area contributed by atoms with Crippen molar-refractivity contribution in [3.8, 4) is 16.9 Å². The van der Waals surface area contributed by atoms with Gasteiger partial charge in [0.15, 0.2) is 0 Å². The number of para-hydroxylation sites is 1. The predicted octanol–water partition coefficient (Wildman–Crippen LogP) is 8.97. The lowest BCUT2D eigenvalue weighted by atomic mass is 9.84. The molecule has 2 amide bonds. The molecule has 0 spiro atoms. The van der Waals surface area contributed by atoms with Gasteiger partial charge in [0.1, 0.15) is 5.75 Å². The molecule has 7 nitrogen and oxygen atoms in total. The van der Waals surface area contributed by atoms with Crippen molar-refractivity contribution in [2.24, 2.45) is 5.92 Å². The van der Waals surface area contributed by atoms with Crippen molar-refractivity contribution in [2.45, 2.75) is 19.0 Å². The minimum atomic E-state index is -0.416. The van der Waals surface area contributed by atoms with Gasteiger partial charge in [-0.2, -0.15) is 0 Å². The molecule has 0 aliphatic carbocycles. The molecule has 6 rings (SSSR count). The first-order valence-corrected chi connectivity index (χ1v) is 16.4. The van der Waals surface area contributed by atoms with Crippen LogP contribution in [0, 0.1) is 5.92 Å². The number of ether oxygens (including phenoxy) is 2. The summed E-state index contributed by atoms with van der Waals surface area (Å²) in [6.45, 7) is 6.28. The van der Waals surface area contributed by atoms with E-state index >= 15 is 0 Å². The van der Waals surface area contributed by atoms with E-state index in [2.05, 4.69) is 17.5 Å². The third kappa shape index (κ3) is 6.46. The number of hydrogen-bond acceptors (Lipinski definition) is 5. The number of anilines is 2. The Morgan fingerprint density at radius 1 is 0.915 bits per heavy atom. The van der Waals surface area contributed by atoms with Gasteiger partial charge in [0.25, 0.3) is 0 Å². The molecule has 242 valence electrons. The number of amides is 2. The highest BCUT2D eigenvalue weighted by Gasteiger charge is 2.41. The SMILES string of the molecule is C=CCN1CC(C(=O)OC)C(c2cc(-c3ccccc3Cl)c3c(c2)N(c2c(Cl)cccc2Cl)C(=O)N(Cc2ccc(OC)cc2)C3)C1. The monoisotopic (exact) mass is 689 g/mol. The molecule has 4 aromatic carbocycles. The van der Waals surface area contributed by atoms with Crippen LogP contribution in [-0.2, 0) is 22.6 Å².